The summed E-state index contributed by atoms with van der Waals surface area (Å²) >= 11 is 0. The fraction of sp³-hybridized carbons (Fsp3) is 0.429. The second-order valence-corrected chi connectivity index (χ2v) is 8.09. The third-order valence-corrected chi connectivity index (χ3v) is 6.32. The summed E-state index contributed by atoms with van der Waals surface area (Å²) in [4.78, 5) is 2.23. The fourth-order valence-corrected chi connectivity index (χ4v) is 4.71. The van der Waals surface area contributed by atoms with Crippen molar-refractivity contribution in [3.63, 3.8) is 0 Å². The van der Waals surface area contributed by atoms with Gasteiger partial charge in [0.15, 0.2) is 0 Å². The van der Waals surface area contributed by atoms with Crippen molar-refractivity contribution in [2.24, 2.45) is 0 Å². The molecular formula is C21H21F6N2+. The van der Waals surface area contributed by atoms with Crippen LogP contribution in [-0.4, -0.2) is 42.6 Å². The van der Waals surface area contributed by atoms with E-state index in [0.717, 1.165) is 61.6 Å². The molecule has 3 saturated heterocycles. The van der Waals surface area contributed by atoms with E-state index in [1.165, 1.54) is 24.3 Å². The number of piperazine rings is 3. The summed E-state index contributed by atoms with van der Waals surface area (Å²) in [6, 6.07) is 10.0. The van der Waals surface area contributed by atoms with Crippen molar-refractivity contribution in [2.75, 3.05) is 33.2 Å². The topological polar surface area (TPSA) is 3.24 Å². The Bertz CT molecular complexity index is 862. The lowest BCUT2D eigenvalue weighted by molar-refractivity contribution is -0.958. The maximum atomic E-state index is 13.0. The van der Waals surface area contributed by atoms with Gasteiger partial charge in [-0.05, 0) is 29.8 Å². The predicted octanol–water partition coefficient (Wildman–Crippen LogP) is 5.28. The van der Waals surface area contributed by atoms with Gasteiger partial charge in [0.1, 0.15) is 6.04 Å². The van der Waals surface area contributed by atoms with Gasteiger partial charge in [0.2, 0.25) is 0 Å². The van der Waals surface area contributed by atoms with Crippen LogP contribution in [0, 0.1) is 0 Å². The summed E-state index contributed by atoms with van der Waals surface area (Å²) in [6.07, 6.45) is -8.81. The Labute approximate surface area is 164 Å². The Hall–Kier alpha value is -2.06. The van der Waals surface area contributed by atoms with Crippen molar-refractivity contribution < 1.29 is 30.8 Å². The Kier molecular flexibility index (Phi) is 4.70. The van der Waals surface area contributed by atoms with E-state index < -0.39 is 23.5 Å². The summed E-state index contributed by atoms with van der Waals surface area (Å²) in [6.45, 7) is 3.31. The molecule has 3 heterocycles. The van der Waals surface area contributed by atoms with Gasteiger partial charge in [-0.25, -0.2) is 0 Å². The molecule has 2 nitrogen and oxygen atoms in total. The Balaban J connectivity index is 1.73. The molecule has 8 heteroatoms. The molecule has 0 saturated carbocycles. The van der Waals surface area contributed by atoms with E-state index in [0.29, 0.717) is 4.48 Å². The molecule has 0 aromatic heterocycles. The van der Waals surface area contributed by atoms with Gasteiger partial charge in [0.25, 0.3) is 0 Å². The molecule has 2 aromatic rings. The molecular weight excluding hydrogens is 394 g/mol. The summed E-state index contributed by atoms with van der Waals surface area (Å²) in [7, 11) is 2.08. The van der Waals surface area contributed by atoms with E-state index >= 15 is 0 Å². The van der Waals surface area contributed by atoms with Crippen LogP contribution in [0.15, 0.2) is 48.5 Å². The molecule has 2 aromatic carbocycles. The summed E-state index contributed by atoms with van der Waals surface area (Å²) in [5.74, 6) is 0. The Morgan fingerprint density at radius 2 is 1.14 bits per heavy atom. The molecule has 156 valence electrons. The normalized spacial score (nSPS) is 29.8. The van der Waals surface area contributed by atoms with Gasteiger partial charge < -0.3 is 4.48 Å². The monoisotopic (exact) mass is 415 g/mol. The molecule has 2 atom stereocenters. The van der Waals surface area contributed by atoms with Crippen LogP contribution in [-0.2, 0) is 12.4 Å². The largest absolute Gasteiger partial charge is 0.416 e. The number of hydrogen-bond acceptors (Lipinski definition) is 1. The highest BCUT2D eigenvalue weighted by molar-refractivity contribution is 5.33. The molecule has 0 N–H and O–H groups in total. The molecule has 0 radical (unpaired) electrons. The number of hydrogen-bond donors (Lipinski definition) is 0. The lowest BCUT2D eigenvalue weighted by Crippen LogP contribution is -2.67. The van der Waals surface area contributed by atoms with E-state index in [2.05, 4.69) is 11.9 Å². The van der Waals surface area contributed by atoms with Crippen LogP contribution in [0.3, 0.4) is 0 Å². The second kappa shape index (κ2) is 6.74. The van der Waals surface area contributed by atoms with Crippen LogP contribution in [0.2, 0.25) is 0 Å². The van der Waals surface area contributed by atoms with Gasteiger partial charge in [-0.15, -0.1) is 0 Å². The number of likely N-dealkylation sites (N-methyl/N-ethyl adjacent to an activating group) is 1. The maximum absolute atomic E-state index is 13.0. The van der Waals surface area contributed by atoms with Crippen LogP contribution in [0.25, 0.3) is 0 Å². The summed E-state index contributed by atoms with van der Waals surface area (Å²) < 4.78 is 78.4. The van der Waals surface area contributed by atoms with Crippen molar-refractivity contribution >= 4 is 0 Å². The summed E-state index contributed by atoms with van der Waals surface area (Å²) in [5.41, 5.74) is 0.122. The van der Waals surface area contributed by atoms with Gasteiger partial charge >= 0.3 is 12.4 Å². The average Bonchev–Trinajstić information content (AvgIpc) is 2.66. The van der Waals surface area contributed by atoms with Crippen LogP contribution in [0.5, 0.6) is 0 Å². The first kappa shape index (κ1) is 20.2. The van der Waals surface area contributed by atoms with Crippen LogP contribution in [0.1, 0.15) is 34.3 Å². The van der Waals surface area contributed by atoms with E-state index in [4.69, 9.17) is 0 Å². The highest BCUT2D eigenvalue weighted by atomic mass is 19.4. The van der Waals surface area contributed by atoms with E-state index in [1.807, 2.05) is 0 Å². The van der Waals surface area contributed by atoms with Crippen molar-refractivity contribution in [1.29, 1.82) is 0 Å². The third-order valence-electron chi connectivity index (χ3n) is 6.32. The molecule has 0 amide bonds. The quantitative estimate of drug-likeness (QED) is 0.476. The number of fused-ring (bicyclic) bond motifs is 3. The van der Waals surface area contributed by atoms with Crippen molar-refractivity contribution in [1.82, 2.24) is 4.90 Å². The highest BCUT2D eigenvalue weighted by Crippen LogP contribution is 2.48. The molecule has 3 fully saturated rings. The fourth-order valence-electron chi connectivity index (χ4n) is 4.71. The number of benzene rings is 2. The molecule has 29 heavy (non-hydrogen) atoms. The van der Waals surface area contributed by atoms with E-state index in [-0.39, 0.29) is 12.1 Å². The molecule has 3 aliphatic rings. The molecule has 0 aliphatic carbocycles. The van der Waals surface area contributed by atoms with Crippen LogP contribution >= 0.6 is 0 Å². The highest BCUT2D eigenvalue weighted by Gasteiger charge is 2.51. The van der Waals surface area contributed by atoms with Crippen LogP contribution in [0.4, 0.5) is 26.3 Å². The van der Waals surface area contributed by atoms with Gasteiger partial charge in [0, 0.05) is 18.7 Å². The molecule has 5 rings (SSSR count). The van der Waals surface area contributed by atoms with Gasteiger partial charge in [-0.1, -0.05) is 24.3 Å². The molecule has 0 spiro atoms. The molecule has 3 aliphatic heterocycles. The zero-order valence-electron chi connectivity index (χ0n) is 15.8. The van der Waals surface area contributed by atoms with Gasteiger partial charge in [0.05, 0.1) is 37.3 Å². The van der Waals surface area contributed by atoms with Crippen molar-refractivity contribution in [3.05, 3.63) is 70.8 Å². The second-order valence-electron chi connectivity index (χ2n) is 8.09. The van der Waals surface area contributed by atoms with Crippen LogP contribution < -0.4 is 0 Å². The number of quaternary nitrogens is 1. The first-order chi connectivity index (χ1) is 13.5. The molecule has 2 bridgehead atoms. The van der Waals surface area contributed by atoms with E-state index in [1.54, 1.807) is 0 Å². The Morgan fingerprint density at radius 3 is 1.55 bits per heavy atom. The van der Waals surface area contributed by atoms with Crippen molar-refractivity contribution in [2.45, 2.75) is 24.4 Å². The average molecular weight is 415 g/mol. The third kappa shape index (κ3) is 3.64. The van der Waals surface area contributed by atoms with Gasteiger partial charge in [-0.3, -0.25) is 4.90 Å². The first-order valence-electron chi connectivity index (χ1n) is 9.42. The van der Waals surface area contributed by atoms with Crippen molar-refractivity contribution in [3.8, 4) is 0 Å². The minimum atomic E-state index is -4.40. The summed E-state index contributed by atoms with van der Waals surface area (Å²) in [5, 5.41) is 0. The zero-order valence-corrected chi connectivity index (χ0v) is 15.8. The SMILES string of the molecule is C[N+]12CCN(CC1)[C@H](c1ccc(C(F)(F)F)cc1)[C@@H]2c1ccc(C(F)(F)F)cc1. The maximum Gasteiger partial charge on any atom is 0.416 e. The minimum absolute atomic E-state index is 0.142. The number of rotatable bonds is 2. The lowest BCUT2D eigenvalue weighted by atomic mass is 9.84. The molecule has 0 unspecified atom stereocenters. The predicted molar refractivity (Wildman–Crippen MR) is 95.9 cm³/mol. The number of alkyl halides is 6. The van der Waals surface area contributed by atoms with E-state index in [9.17, 15) is 26.3 Å². The first-order valence-corrected chi connectivity index (χ1v) is 9.42. The smallest absolute Gasteiger partial charge is 0.316 e. The lowest BCUT2D eigenvalue weighted by Gasteiger charge is -2.58. The zero-order chi connectivity index (χ0) is 21.0. The minimum Gasteiger partial charge on any atom is -0.316 e. The standard InChI is InChI=1S/C21H21F6N2/c1-29-12-10-28(11-13-29)18(14-2-6-16(7-3-14)20(22,23)24)19(29)15-4-8-17(9-5-15)21(25,26)27/h2-9,18-19H,10-13H2,1H3/q+1/t18-,19+/m1/s1. The Morgan fingerprint density at radius 1 is 0.724 bits per heavy atom. The number of halogens is 6. The number of nitrogens with zero attached hydrogens (tertiary/aromatic N) is 2. The van der Waals surface area contributed by atoms with Gasteiger partial charge in [-0.2, -0.15) is 26.3 Å².